The second kappa shape index (κ2) is 13.3. The van der Waals surface area contributed by atoms with Crippen LogP contribution in [0.25, 0.3) is 0 Å². The van der Waals surface area contributed by atoms with Gasteiger partial charge in [-0.25, -0.2) is 8.42 Å². The van der Waals surface area contributed by atoms with E-state index in [2.05, 4.69) is 5.32 Å². The first-order valence-corrected chi connectivity index (χ1v) is 14.6. The summed E-state index contributed by atoms with van der Waals surface area (Å²) >= 11 is 12.8. The summed E-state index contributed by atoms with van der Waals surface area (Å²) in [6, 6.07) is 11.2. The van der Waals surface area contributed by atoms with E-state index in [9.17, 15) is 18.0 Å². The summed E-state index contributed by atoms with van der Waals surface area (Å²) in [7, 11) is -3.81. The first-order chi connectivity index (χ1) is 16.9. The molecule has 36 heavy (non-hydrogen) atoms. The van der Waals surface area contributed by atoms with Gasteiger partial charge >= 0.3 is 0 Å². The summed E-state index contributed by atoms with van der Waals surface area (Å²) in [6.07, 6.45) is 1.97. The number of rotatable bonds is 12. The van der Waals surface area contributed by atoms with Gasteiger partial charge in [0.15, 0.2) is 0 Å². The van der Waals surface area contributed by atoms with Gasteiger partial charge in [0.25, 0.3) is 0 Å². The van der Waals surface area contributed by atoms with E-state index in [0.717, 1.165) is 16.1 Å². The van der Waals surface area contributed by atoms with Gasteiger partial charge in [0, 0.05) is 28.7 Å². The molecule has 0 aliphatic carbocycles. The van der Waals surface area contributed by atoms with E-state index in [4.69, 9.17) is 23.2 Å². The number of anilines is 1. The van der Waals surface area contributed by atoms with Gasteiger partial charge < -0.3 is 10.2 Å². The van der Waals surface area contributed by atoms with Crippen LogP contribution in [-0.4, -0.2) is 50.5 Å². The number of hydrogen-bond donors (Lipinski definition) is 1. The Bertz CT molecular complexity index is 1150. The predicted molar refractivity (Wildman–Crippen MR) is 147 cm³/mol. The molecule has 2 amide bonds. The van der Waals surface area contributed by atoms with Crippen LogP contribution in [0, 0.1) is 5.92 Å². The van der Waals surface area contributed by atoms with Crippen LogP contribution in [0.4, 0.5) is 5.69 Å². The summed E-state index contributed by atoms with van der Waals surface area (Å²) in [6.45, 7) is 7.60. The molecule has 10 heteroatoms. The fourth-order valence-electron chi connectivity index (χ4n) is 3.84. The zero-order valence-corrected chi connectivity index (χ0v) is 23.8. The third-order valence-corrected chi connectivity index (χ3v) is 7.62. The smallest absolute Gasteiger partial charge is 0.244 e. The number of amides is 2. The molecule has 1 atom stereocenters. The maximum atomic E-state index is 13.8. The quantitative estimate of drug-likeness (QED) is 0.403. The Kier molecular flexibility index (Phi) is 11.1. The van der Waals surface area contributed by atoms with Crippen LogP contribution in [-0.2, 0) is 32.6 Å². The minimum absolute atomic E-state index is 0.0437. The molecule has 2 rings (SSSR count). The second-order valence-corrected chi connectivity index (χ2v) is 11.8. The summed E-state index contributed by atoms with van der Waals surface area (Å²) in [5.41, 5.74) is 1.71. The topological polar surface area (TPSA) is 86.8 Å². The molecule has 0 fully saturated rings. The largest absolute Gasteiger partial charge is 0.354 e. The van der Waals surface area contributed by atoms with Crippen LogP contribution in [0.1, 0.15) is 45.2 Å². The molecule has 0 saturated carbocycles. The Morgan fingerprint density at radius 3 is 2.14 bits per heavy atom. The third kappa shape index (κ3) is 7.85. The Labute approximate surface area is 224 Å². The van der Waals surface area contributed by atoms with Crippen LogP contribution < -0.4 is 9.62 Å². The average Bonchev–Trinajstić information content (AvgIpc) is 2.81. The average molecular weight is 557 g/mol. The van der Waals surface area contributed by atoms with E-state index in [1.165, 1.54) is 4.90 Å². The number of para-hydroxylation sites is 1. The lowest BCUT2D eigenvalue weighted by Crippen LogP contribution is -2.52. The Balaban J connectivity index is 2.52. The van der Waals surface area contributed by atoms with Gasteiger partial charge in [-0.3, -0.25) is 13.9 Å². The van der Waals surface area contributed by atoms with Gasteiger partial charge in [0.05, 0.1) is 11.9 Å². The van der Waals surface area contributed by atoms with Gasteiger partial charge in [-0.1, -0.05) is 75.2 Å². The lowest BCUT2D eigenvalue weighted by molar-refractivity contribution is -0.140. The standard InChI is InChI=1S/C26H35Cl2N3O4S/c1-6-19-11-8-9-14-24(19)31(36(5,34)35)17-25(32)30(16-20-21(27)12-10-13-22(20)28)23(7-2)26(33)29-15-18(3)4/h8-14,18,23H,6-7,15-17H2,1-5H3,(H,29,33). The Hall–Kier alpha value is -2.29. The van der Waals surface area contributed by atoms with Gasteiger partial charge in [0.2, 0.25) is 21.8 Å². The zero-order chi connectivity index (χ0) is 27.0. The lowest BCUT2D eigenvalue weighted by Gasteiger charge is -2.33. The highest BCUT2D eigenvalue weighted by Gasteiger charge is 2.33. The highest BCUT2D eigenvalue weighted by Crippen LogP contribution is 2.28. The first-order valence-electron chi connectivity index (χ1n) is 12.0. The summed E-state index contributed by atoms with van der Waals surface area (Å²) in [5, 5.41) is 3.60. The van der Waals surface area contributed by atoms with Crippen molar-refractivity contribution in [3.63, 3.8) is 0 Å². The minimum Gasteiger partial charge on any atom is -0.354 e. The summed E-state index contributed by atoms with van der Waals surface area (Å²) in [4.78, 5) is 28.3. The highest BCUT2D eigenvalue weighted by molar-refractivity contribution is 7.92. The van der Waals surface area contributed by atoms with Crippen molar-refractivity contribution in [1.82, 2.24) is 10.2 Å². The van der Waals surface area contributed by atoms with Gasteiger partial charge in [-0.2, -0.15) is 0 Å². The molecule has 7 nitrogen and oxygen atoms in total. The molecular weight excluding hydrogens is 521 g/mol. The Morgan fingerprint density at radius 1 is 1.00 bits per heavy atom. The summed E-state index contributed by atoms with van der Waals surface area (Å²) < 4.78 is 26.7. The van der Waals surface area contributed by atoms with Crippen LogP contribution in [0.3, 0.4) is 0 Å². The molecule has 0 heterocycles. The van der Waals surface area contributed by atoms with Gasteiger partial charge in [0.1, 0.15) is 12.6 Å². The number of carbonyl (C=O) groups is 2. The van der Waals surface area contributed by atoms with E-state index >= 15 is 0 Å². The van der Waals surface area contributed by atoms with E-state index in [0.29, 0.717) is 40.7 Å². The van der Waals surface area contributed by atoms with Crippen molar-refractivity contribution < 1.29 is 18.0 Å². The number of sulfonamides is 1. The number of nitrogens with one attached hydrogen (secondary N) is 1. The van der Waals surface area contributed by atoms with Crippen molar-refractivity contribution in [3.05, 3.63) is 63.6 Å². The highest BCUT2D eigenvalue weighted by atomic mass is 35.5. The van der Waals surface area contributed by atoms with Crippen LogP contribution >= 0.6 is 23.2 Å². The maximum absolute atomic E-state index is 13.8. The fourth-order valence-corrected chi connectivity index (χ4v) is 5.24. The molecule has 0 radical (unpaired) electrons. The predicted octanol–water partition coefficient (Wildman–Crippen LogP) is 4.90. The molecular formula is C26H35Cl2N3O4S. The van der Waals surface area contributed by atoms with Crippen molar-refractivity contribution in [2.75, 3.05) is 23.7 Å². The number of carbonyl (C=O) groups excluding carboxylic acids is 2. The number of aryl methyl sites for hydroxylation is 1. The number of nitrogens with zero attached hydrogens (tertiary/aromatic N) is 2. The van der Waals surface area contributed by atoms with Crippen LogP contribution in [0.15, 0.2) is 42.5 Å². The Morgan fingerprint density at radius 2 is 1.61 bits per heavy atom. The molecule has 0 bridgehead atoms. The van der Waals surface area contributed by atoms with Crippen molar-refractivity contribution in [3.8, 4) is 0 Å². The third-order valence-electron chi connectivity index (χ3n) is 5.78. The maximum Gasteiger partial charge on any atom is 0.244 e. The van der Waals surface area contributed by atoms with Crippen molar-refractivity contribution in [2.45, 2.75) is 53.1 Å². The molecule has 1 unspecified atom stereocenters. The molecule has 0 aromatic heterocycles. The van der Waals surface area contributed by atoms with Crippen LogP contribution in [0.5, 0.6) is 0 Å². The number of halogens is 2. The van der Waals surface area contributed by atoms with E-state index in [1.54, 1.807) is 37.3 Å². The second-order valence-electron chi connectivity index (χ2n) is 9.04. The van der Waals surface area contributed by atoms with Gasteiger partial charge in [-0.05, 0) is 42.5 Å². The monoisotopic (exact) mass is 555 g/mol. The zero-order valence-electron chi connectivity index (χ0n) is 21.4. The lowest BCUT2D eigenvalue weighted by atomic mass is 10.1. The molecule has 198 valence electrons. The molecule has 0 aliphatic heterocycles. The molecule has 2 aromatic carbocycles. The number of hydrogen-bond acceptors (Lipinski definition) is 4. The van der Waals surface area contributed by atoms with Crippen LogP contribution in [0.2, 0.25) is 10.0 Å². The minimum atomic E-state index is -3.81. The number of benzene rings is 2. The molecule has 0 spiro atoms. The fraction of sp³-hybridized carbons (Fsp3) is 0.462. The first kappa shape index (κ1) is 29.9. The van der Waals surface area contributed by atoms with E-state index in [-0.39, 0.29) is 18.4 Å². The van der Waals surface area contributed by atoms with Crippen molar-refractivity contribution in [2.24, 2.45) is 5.92 Å². The molecule has 0 aliphatic rings. The molecule has 2 aromatic rings. The normalized spacial score (nSPS) is 12.3. The van der Waals surface area contributed by atoms with E-state index in [1.807, 2.05) is 32.9 Å². The van der Waals surface area contributed by atoms with Gasteiger partial charge in [-0.15, -0.1) is 0 Å². The van der Waals surface area contributed by atoms with Crippen molar-refractivity contribution >= 4 is 50.7 Å². The SMILES string of the molecule is CCc1ccccc1N(CC(=O)N(Cc1c(Cl)cccc1Cl)C(CC)C(=O)NCC(C)C)S(C)(=O)=O. The summed E-state index contributed by atoms with van der Waals surface area (Å²) in [5.74, 6) is -0.628. The van der Waals surface area contributed by atoms with E-state index < -0.39 is 28.5 Å². The molecule has 0 saturated heterocycles. The molecule has 1 N–H and O–H groups in total. The van der Waals surface area contributed by atoms with Crippen molar-refractivity contribution in [1.29, 1.82) is 0 Å².